The summed E-state index contributed by atoms with van der Waals surface area (Å²) in [4.78, 5) is 15.4. The number of nitrogens with zero attached hydrogens (tertiary/aromatic N) is 4. The van der Waals surface area contributed by atoms with E-state index in [1.165, 1.54) is 16.8 Å². The fraction of sp³-hybridized carbons (Fsp3) is 0.200. The molecule has 2 rings (SSSR count). The molecule has 0 saturated carbocycles. The Morgan fingerprint density at radius 3 is 2.88 bits per heavy atom. The average molecular weight is 220 g/mol. The van der Waals surface area contributed by atoms with Gasteiger partial charge in [-0.25, -0.2) is 4.39 Å². The van der Waals surface area contributed by atoms with E-state index in [1.54, 1.807) is 13.2 Å². The molecule has 0 aliphatic rings. The van der Waals surface area contributed by atoms with E-state index in [0.29, 0.717) is 5.69 Å². The van der Waals surface area contributed by atoms with Crippen LogP contribution in [0, 0.1) is 5.82 Å². The lowest BCUT2D eigenvalue weighted by molar-refractivity contribution is 0.0987. The lowest BCUT2D eigenvalue weighted by atomic mass is 10.1. The summed E-state index contributed by atoms with van der Waals surface area (Å²) in [5.41, 5.74) is 0.797. The van der Waals surface area contributed by atoms with E-state index in [1.807, 2.05) is 0 Å². The van der Waals surface area contributed by atoms with Crippen LogP contribution in [0.25, 0.3) is 0 Å². The molecule has 0 fully saturated rings. The van der Waals surface area contributed by atoms with E-state index in [-0.39, 0.29) is 17.9 Å². The lowest BCUT2D eigenvalue weighted by Crippen LogP contribution is -2.06. The minimum atomic E-state index is -0.462. The molecule has 0 saturated heterocycles. The third kappa shape index (κ3) is 2.28. The summed E-state index contributed by atoms with van der Waals surface area (Å²) in [6.45, 7) is 0. The Morgan fingerprint density at radius 1 is 1.50 bits per heavy atom. The van der Waals surface area contributed by atoms with Crippen LogP contribution in [0.4, 0.5) is 4.39 Å². The number of hydrogen-bond donors (Lipinski definition) is 0. The molecule has 2 aromatic heterocycles. The molecule has 82 valence electrons. The molecule has 16 heavy (non-hydrogen) atoms. The average Bonchev–Trinajstić information content (AvgIpc) is 2.65. The van der Waals surface area contributed by atoms with Crippen molar-refractivity contribution >= 4 is 5.78 Å². The number of halogens is 1. The van der Waals surface area contributed by atoms with Crippen molar-refractivity contribution in [1.29, 1.82) is 0 Å². The molecule has 0 radical (unpaired) electrons. The molecule has 0 amide bonds. The van der Waals surface area contributed by atoms with Gasteiger partial charge in [-0.1, -0.05) is 5.21 Å². The van der Waals surface area contributed by atoms with Gasteiger partial charge in [0.25, 0.3) is 0 Å². The highest BCUT2D eigenvalue weighted by Gasteiger charge is 2.10. The number of carbonyl (C=O) groups is 1. The van der Waals surface area contributed by atoms with Gasteiger partial charge in [0, 0.05) is 13.2 Å². The normalized spacial score (nSPS) is 10.4. The molecule has 0 aliphatic carbocycles. The summed E-state index contributed by atoms with van der Waals surface area (Å²) in [7, 11) is 1.72. The maximum Gasteiger partial charge on any atom is 0.187 e. The van der Waals surface area contributed by atoms with E-state index in [4.69, 9.17) is 0 Å². The number of rotatable bonds is 3. The summed E-state index contributed by atoms with van der Waals surface area (Å²) in [6.07, 6.45) is 2.79. The van der Waals surface area contributed by atoms with Crippen LogP contribution in [0.1, 0.15) is 16.2 Å². The Kier molecular flexibility index (Phi) is 2.72. The van der Waals surface area contributed by atoms with Crippen LogP contribution in [0.2, 0.25) is 0 Å². The van der Waals surface area contributed by atoms with Gasteiger partial charge in [0.05, 0.1) is 18.3 Å². The number of aromatic nitrogens is 4. The number of carbonyl (C=O) groups excluding carboxylic acids is 1. The summed E-state index contributed by atoms with van der Waals surface area (Å²) >= 11 is 0. The maximum atomic E-state index is 12.6. The third-order valence-electron chi connectivity index (χ3n) is 2.00. The smallest absolute Gasteiger partial charge is 0.187 e. The van der Waals surface area contributed by atoms with Crippen molar-refractivity contribution < 1.29 is 9.18 Å². The van der Waals surface area contributed by atoms with Gasteiger partial charge in [-0.3, -0.25) is 14.5 Å². The van der Waals surface area contributed by atoms with Gasteiger partial charge in [-0.05, 0) is 12.1 Å². The number of ketones is 1. The standard InChI is InChI=1S/C10H9FN4O/c1-15-6-8(13-14-15)4-10(16)9-3-2-7(11)5-12-9/h2-3,5-6H,4H2,1H3. The number of pyridine rings is 1. The second-order valence-electron chi connectivity index (χ2n) is 3.35. The Labute approximate surface area is 90.9 Å². The fourth-order valence-corrected chi connectivity index (χ4v) is 1.27. The lowest BCUT2D eigenvalue weighted by Gasteiger charge is -1.96. The van der Waals surface area contributed by atoms with Crippen molar-refractivity contribution in [2.45, 2.75) is 6.42 Å². The van der Waals surface area contributed by atoms with Gasteiger partial charge in [0.15, 0.2) is 5.78 Å². The molecule has 2 aromatic rings. The number of Topliss-reactive ketones (excluding diaryl/α,β-unsaturated/α-hetero) is 1. The number of aryl methyl sites for hydroxylation is 1. The first-order valence-corrected chi connectivity index (χ1v) is 4.65. The highest BCUT2D eigenvalue weighted by Crippen LogP contribution is 2.03. The Balaban J connectivity index is 2.11. The molecular formula is C10H9FN4O. The molecule has 0 spiro atoms. The van der Waals surface area contributed by atoms with Crippen molar-refractivity contribution in [2.75, 3.05) is 0 Å². The molecule has 0 atom stereocenters. The fourth-order valence-electron chi connectivity index (χ4n) is 1.27. The summed E-state index contributed by atoms with van der Waals surface area (Å²) in [5.74, 6) is -0.670. The molecule has 0 aliphatic heterocycles. The quantitative estimate of drug-likeness (QED) is 0.717. The van der Waals surface area contributed by atoms with Crippen molar-refractivity contribution in [3.8, 4) is 0 Å². The number of hydrogen-bond acceptors (Lipinski definition) is 4. The van der Waals surface area contributed by atoms with E-state index in [0.717, 1.165) is 6.20 Å². The van der Waals surface area contributed by atoms with Crippen LogP contribution < -0.4 is 0 Å². The highest BCUT2D eigenvalue weighted by atomic mass is 19.1. The van der Waals surface area contributed by atoms with Crippen LogP contribution in [0.15, 0.2) is 24.5 Å². The van der Waals surface area contributed by atoms with Crippen molar-refractivity contribution in [1.82, 2.24) is 20.0 Å². The topological polar surface area (TPSA) is 60.7 Å². The van der Waals surface area contributed by atoms with E-state index in [9.17, 15) is 9.18 Å². The molecule has 0 N–H and O–H groups in total. The van der Waals surface area contributed by atoms with Crippen molar-refractivity contribution in [2.24, 2.45) is 7.05 Å². The summed E-state index contributed by atoms with van der Waals surface area (Å²) < 4.78 is 14.1. The van der Waals surface area contributed by atoms with Crippen LogP contribution in [-0.4, -0.2) is 25.8 Å². The van der Waals surface area contributed by atoms with Crippen LogP contribution in [0.5, 0.6) is 0 Å². The zero-order valence-corrected chi connectivity index (χ0v) is 8.59. The molecule has 0 aromatic carbocycles. The predicted molar refractivity (Wildman–Crippen MR) is 53.2 cm³/mol. The Hall–Kier alpha value is -2.11. The largest absolute Gasteiger partial charge is 0.292 e. The van der Waals surface area contributed by atoms with Gasteiger partial charge in [-0.15, -0.1) is 5.10 Å². The van der Waals surface area contributed by atoms with Gasteiger partial charge in [0.1, 0.15) is 11.5 Å². The van der Waals surface area contributed by atoms with Crippen molar-refractivity contribution in [3.63, 3.8) is 0 Å². The van der Waals surface area contributed by atoms with Crippen LogP contribution in [0.3, 0.4) is 0 Å². The summed E-state index contributed by atoms with van der Waals surface area (Å²) in [5, 5.41) is 7.50. The molecule has 0 unspecified atom stereocenters. The SMILES string of the molecule is Cn1cc(CC(=O)c2ccc(F)cn2)nn1. The first kappa shape index (κ1) is 10.4. The summed E-state index contributed by atoms with van der Waals surface area (Å²) in [6, 6.07) is 2.56. The monoisotopic (exact) mass is 220 g/mol. The zero-order chi connectivity index (χ0) is 11.5. The van der Waals surface area contributed by atoms with Crippen LogP contribution in [-0.2, 0) is 13.5 Å². The van der Waals surface area contributed by atoms with Gasteiger partial charge < -0.3 is 0 Å². The minimum Gasteiger partial charge on any atom is -0.292 e. The highest BCUT2D eigenvalue weighted by molar-refractivity contribution is 5.95. The van der Waals surface area contributed by atoms with Gasteiger partial charge in [-0.2, -0.15) is 0 Å². The molecule has 6 heteroatoms. The van der Waals surface area contributed by atoms with Gasteiger partial charge in [0.2, 0.25) is 0 Å². The first-order valence-electron chi connectivity index (χ1n) is 4.65. The van der Waals surface area contributed by atoms with Gasteiger partial charge >= 0.3 is 0 Å². The third-order valence-corrected chi connectivity index (χ3v) is 2.00. The second kappa shape index (κ2) is 4.18. The predicted octanol–water partition coefficient (Wildman–Crippen LogP) is 0.775. The minimum absolute atomic E-state index is 0.118. The van der Waals surface area contributed by atoms with E-state index in [2.05, 4.69) is 15.3 Å². The van der Waals surface area contributed by atoms with Crippen molar-refractivity contribution in [3.05, 3.63) is 41.7 Å². The van der Waals surface area contributed by atoms with E-state index < -0.39 is 5.82 Å². The molecular weight excluding hydrogens is 211 g/mol. The van der Waals surface area contributed by atoms with E-state index >= 15 is 0 Å². The maximum absolute atomic E-state index is 12.6. The molecule has 5 nitrogen and oxygen atoms in total. The zero-order valence-electron chi connectivity index (χ0n) is 8.59. The second-order valence-corrected chi connectivity index (χ2v) is 3.35. The van der Waals surface area contributed by atoms with Crippen LogP contribution >= 0.6 is 0 Å². The molecule has 2 heterocycles. The first-order chi connectivity index (χ1) is 7.65. The Morgan fingerprint density at radius 2 is 2.31 bits per heavy atom. The molecule has 0 bridgehead atoms. The Bertz CT molecular complexity index is 506.